The first-order chi connectivity index (χ1) is 12.2. The summed E-state index contributed by atoms with van der Waals surface area (Å²) in [7, 11) is 3.35. The van der Waals surface area contributed by atoms with E-state index >= 15 is 0 Å². The minimum Gasteiger partial charge on any atom is -0.367 e. The lowest BCUT2D eigenvalue weighted by Gasteiger charge is -2.23. The average molecular weight is 335 g/mol. The molecule has 5 heteroatoms. The first kappa shape index (κ1) is 16.9. The summed E-state index contributed by atoms with van der Waals surface area (Å²) >= 11 is 0. The fraction of sp³-hybridized carbons (Fsp3) is 0.200. The van der Waals surface area contributed by atoms with E-state index in [2.05, 4.69) is 5.10 Å². The maximum Gasteiger partial charge on any atom is 0.256 e. The van der Waals surface area contributed by atoms with Crippen molar-refractivity contribution in [2.75, 3.05) is 14.2 Å². The zero-order valence-corrected chi connectivity index (χ0v) is 14.4. The number of amides is 1. The van der Waals surface area contributed by atoms with Crippen LogP contribution in [0.1, 0.15) is 17.2 Å². The molecule has 0 radical (unpaired) electrons. The van der Waals surface area contributed by atoms with Gasteiger partial charge in [0, 0.05) is 33.1 Å². The van der Waals surface area contributed by atoms with E-state index in [1.165, 1.54) is 0 Å². The van der Waals surface area contributed by atoms with Gasteiger partial charge in [0.15, 0.2) is 6.10 Å². The Hall–Kier alpha value is -2.92. The van der Waals surface area contributed by atoms with Gasteiger partial charge >= 0.3 is 0 Å². The topological polar surface area (TPSA) is 47.4 Å². The Bertz CT molecular complexity index is 799. The monoisotopic (exact) mass is 335 g/mol. The van der Waals surface area contributed by atoms with Crippen molar-refractivity contribution >= 4 is 5.91 Å². The van der Waals surface area contributed by atoms with Crippen molar-refractivity contribution in [1.29, 1.82) is 0 Å². The third kappa shape index (κ3) is 3.95. The van der Waals surface area contributed by atoms with E-state index < -0.39 is 6.10 Å². The van der Waals surface area contributed by atoms with E-state index in [4.69, 9.17) is 4.74 Å². The van der Waals surface area contributed by atoms with Gasteiger partial charge in [-0.05, 0) is 29.3 Å². The molecule has 0 fully saturated rings. The minimum atomic E-state index is -0.588. The number of rotatable bonds is 6. The lowest BCUT2D eigenvalue weighted by atomic mass is 10.1. The van der Waals surface area contributed by atoms with Gasteiger partial charge in [0.05, 0.1) is 5.69 Å². The number of aromatic nitrogens is 2. The number of hydrogen-bond donors (Lipinski definition) is 0. The molecule has 2 aromatic carbocycles. The molecule has 0 saturated heterocycles. The van der Waals surface area contributed by atoms with E-state index in [-0.39, 0.29) is 5.91 Å². The predicted octanol–water partition coefficient (Wildman–Crippen LogP) is 3.22. The highest BCUT2D eigenvalue weighted by Crippen LogP contribution is 2.20. The SMILES string of the molecule is CO[C@@H](C(=O)N(C)Cc1ccc(-n2cccn2)cc1)c1ccccc1. The fourth-order valence-electron chi connectivity index (χ4n) is 2.73. The highest BCUT2D eigenvalue weighted by atomic mass is 16.5. The van der Waals surface area contributed by atoms with Crippen LogP contribution in [-0.4, -0.2) is 34.7 Å². The van der Waals surface area contributed by atoms with Gasteiger partial charge < -0.3 is 9.64 Å². The van der Waals surface area contributed by atoms with Crippen LogP contribution in [0, 0.1) is 0 Å². The number of hydrogen-bond acceptors (Lipinski definition) is 3. The third-order valence-corrected chi connectivity index (χ3v) is 4.06. The van der Waals surface area contributed by atoms with Crippen LogP contribution >= 0.6 is 0 Å². The molecule has 1 aromatic heterocycles. The standard InChI is InChI=1S/C20H21N3O2/c1-22(20(24)19(25-2)17-7-4-3-5-8-17)15-16-9-11-18(12-10-16)23-14-6-13-21-23/h3-14,19H,15H2,1-2H3/t19-/m1/s1. The van der Waals surface area contributed by atoms with Crippen LogP contribution in [0.2, 0.25) is 0 Å². The van der Waals surface area contributed by atoms with E-state index in [0.717, 1.165) is 16.8 Å². The maximum atomic E-state index is 12.7. The smallest absolute Gasteiger partial charge is 0.256 e. The average Bonchev–Trinajstić information content (AvgIpc) is 3.18. The van der Waals surface area contributed by atoms with Crippen LogP contribution in [0.3, 0.4) is 0 Å². The van der Waals surface area contributed by atoms with Crippen LogP contribution in [0.4, 0.5) is 0 Å². The first-order valence-electron chi connectivity index (χ1n) is 8.10. The van der Waals surface area contributed by atoms with Gasteiger partial charge in [-0.25, -0.2) is 4.68 Å². The van der Waals surface area contributed by atoms with Crippen molar-refractivity contribution in [3.63, 3.8) is 0 Å². The predicted molar refractivity (Wildman–Crippen MR) is 96.2 cm³/mol. The number of carbonyl (C=O) groups excluding carboxylic acids is 1. The Kier molecular flexibility index (Phi) is 5.26. The fourth-order valence-corrected chi connectivity index (χ4v) is 2.73. The molecule has 0 spiro atoms. The molecule has 0 aliphatic rings. The molecular weight excluding hydrogens is 314 g/mol. The largest absolute Gasteiger partial charge is 0.367 e. The van der Waals surface area contributed by atoms with E-state index in [0.29, 0.717) is 6.54 Å². The Morgan fingerprint density at radius 3 is 2.44 bits per heavy atom. The normalized spacial score (nSPS) is 11.9. The zero-order chi connectivity index (χ0) is 17.6. The van der Waals surface area contributed by atoms with Crippen molar-refractivity contribution in [3.8, 4) is 5.69 Å². The second-order valence-corrected chi connectivity index (χ2v) is 5.84. The lowest BCUT2D eigenvalue weighted by molar-refractivity contribution is -0.141. The number of methoxy groups -OCH3 is 1. The molecule has 128 valence electrons. The number of ether oxygens (including phenoxy) is 1. The Labute approximate surface area is 147 Å². The molecular formula is C20H21N3O2. The van der Waals surface area contributed by atoms with Gasteiger partial charge in [0.1, 0.15) is 0 Å². The molecule has 0 saturated carbocycles. The van der Waals surface area contributed by atoms with Crippen LogP contribution in [0.25, 0.3) is 5.69 Å². The highest BCUT2D eigenvalue weighted by Gasteiger charge is 2.23. The second-order valence-electron chi connectivity index (χ2n) is 5.84. The van der Waals surface area contributed by atoms with Crippen LogP contribution in [-0.2, 0) is 16.1 Å². The van der Waals surface area contributed by atoms with Crippen molar-refractivity contribution in [3.05, 3.63) is 84.2 Å². The molecule has 25 heavy (non-hydrogen) atoms. The second kappa shape index (κ2) is 7.77. The summed E-state index contributed by atoms with van der Waals surface area (Å²) in [5, 5.41) is 4.21. The molecule has 3 rings (SSSR count). The molecule has 0 aliphatic heterocycles. The molecule has 0 N–H and O–H groups in total. The highest BCUT2D eigenvalue weighted by molar-refractivity contribution is 5.82. The summed E-state index contributed by atoms with van der Waals surface area (Å²) in [4.78, 5) is 14.4. The van der Waals surface area contributed by atoms with Gasteiger partial charge in [0.25, 0.3) is 5.91 Å². The Morgan fingerprint density at radius 2 is 1.84 bits per heavy atom. The van der Waals surface area contributed by atoms with E-state index in [9.17, 15) is 4.79 Å². The number of carbonyl (C=O) groups is 1. The summed E-state index contributed by atoms with van der Waals surface area (Å²) < 4.78 is 7.22. The van der Waals surface area contributed by atoms with Crippen molar-refractivity contribution in [2.45, 2.75) is 12.6 Å². The van der Waals surface area contributed by atoms with Gasteiger partial charge in [0.2, 0.25) is 0 Å². The maximum absolute atomic E-state index is 12.7. The molecule has 5 nitrogen and oxygen atoms in total. The van der Waals surface area contributed by atoms with Crippen molar-refractivity contribution < 1.29 is 9.53 Å². The van der Waals surface area contributed by atoms with E-state index in [1.807, 2.05) is 66.9 Å². The molecule has 0 unspecified atom stereocenters. The number of benzene rings is 2. The molecule has 1 atom stereocenters. The van der Waals surface area contributed by atoms with Crippen molar-refractivity contribution in [1.82, 2.24) is 14.7 Å². The van der Waals surface area contributed by atoms with Crippen LogP contribution in [0.5, 0.6) is 0 Å². The number of nitrogens with zero attached hydrogens (tertiary/aromatic N) is 3. The van der Waals surface area contributed by atoms with Crippen LogP contribution in [0.15, 0.2) is 73.1 Å². The third-order valence-electron chi connectivity index (χ3n) is 4.06. The van der Waals surface area contributed by atoms with Crippen molar-refractivity contribution in [2.24, 2.45) is 0 Å². The van der Waals surface area contributed by atoms with Gasteiger partial charge in [-0.2, -0.15) is 5.10 Å². The Morgan fingerprint density at radius 1 is 1.12 bits per heavy atom. The molecule has 1 heterocycles. The lowest BCUT2D eigenvalue weighted by Crippen LogP contribution is -2.32. The summed E-state index contributed by atoms with van der Waals surface area (Å²) in [6.45, 7) is 0.519. The van der Waals surface area contributed by atoms with Gasteiger partial charge in [-0.1, -0.05) is 42.5 Å². The van der Waals surface area contributed by atoms with E-state index in [1.54, 1.807) is 29.9 Å². The number of likely N-dealkylation sites (N-methyl/N-ethyl adjacent to an activating group) is 1. The minimum absolute atomic E-state index is 0.0650. The van der Waals surface area contributed by atoms with Crippen LogP contribution < -0.4 is 0 Å². The molecule has 1 amide bonds. The molecule has 3 aromatic rings. The first-order valence-corrected chi connectivity index (χ1v) is 8.10. The summed E-state index contributed by atoms with van der Waals surface area (Å²) in [5.41, 5.74) is 2.90. The summed E-state index contributed by atoms with van der Waals surface area (Å²) in [5.74, 6) is -0.0650. The van der Waals surface area contributed by atoms with Gasteiger partial charge in [-0.15, -0.1) is 0 Å². The molecule has 0 aliphatic carbocycles. The summed E-state index contributed by atoms with van der Waals surface area (Å²) in [6, 6.07) is 19.4. The Balaban J connectivity index is 1.68. The molecule has 0 bridgehead atoms. The zero-order valence-electron chi connectivity index (χ0n) is 14.4. The summed E-state index contributed by atoms with van der Waals surface area (Å²) in [6.07, 6.45) is 3.05. The van der Waals surface area contributed by atoms with Gasteiger partial charge in [-0.3, -0.25) is 4.79 Å². The quantitative estimate of drug-likeness (QED) is 0.695.